The lowest BCUT2D eigenvalue weighted by atomic mass is 9.95. The zero-order valence-electron chi connectivity index (χ0n) is 14.1. The molecule has 3 heteroatoms. The predicted molar refractivity (Wildman–Crippen MR) is 95.1 cm³/mol. The minimum atomic E-state index is -0.156. The summed E-state index contributed by atoms with van der Waals surface area (Å²) in [6, 6.07) is 15.8. The van der Waals surface area contributed by atoms with Crippen LogP contribution in [0.25, 0.3) is 0 Å². The van der Waals surface area contributed by atoms with Gasteiger partial charge in [-0.15, -0.1) is 0 Å². The molecule has 2 aromatic rings. The minimum Gasteiger partial charge on any atom is -0.491 e. The molecule has 1 unspecified atom stereocenters. The Hall–Kier alpha value is -2.29. The summed E-state index contributed by atoms with van der Waals surface area (Å²) in [7, 11) is 0. The third-order valence-electron chi connectivity index (χ3n) is 3.78. The van der Waals surface area contributed by atoms with Crippen LogP contribution in [-0.4, -0.2) is 12.5 Å². The summed E-state index contributed by atoms with van der Waals surface area (Å²) in [4.78, 5) is 12.7. The van der Waals surface area contributed by atoms with Gasteiger partial charge in [-0.05, 0) is 43.0 Å². The topological polar surface area (TPSA) is 38.3 Å². The molecule has 0 aliphatic heterocycles. The quantitative estimate of drug-likeness (QED) is 0.788. The van der Waals surface area contributed by atoms with Crippen LogP contribution in [0.3, 0.4) is 0 Å². The van der Waals surface area contributed by atoms with Gasteiger partial charge in [0.1, 0.15) is 5.75 Å². The number of nitrogens with one attached hydrogen (secondary N) is 1. The third-order valence-corrected chi connectivity index (χ3v) is 3.78. The molecule has 0 saturated heterocycles. The van der Waals surface area contributed by atoms with E-state index in [-0.39, 0.29) is 11.8 Å². The smallest absolute Gasteiger partial charge is 0.232 e. The van der Waals surface area contributed by atoms with Crippen molar-refractivity contribution in [2.75, 3.05) is 11.9 Å². The number of anilines is 1. The summed E-state index contributed by atoms with van der Waals surface area (Å²) in [5.74, 6) is 0.587. The van der Waals surface area contributed by atoms with E-state index in [0.29, 0.717) is 6.61 Å². The lowest BCUT2D eigenvalue weighted by Gasteiger charge is -2.18. The van der Waals surface area contributed by atoms with Crippen molar-refractivity contribution in [1.29, 1.82) is 0 Å². The van der Waals surface area contributed by atoms with Gasteiger partial charge in [0, 0.05) is 0 Å². The summed E-state index contributed by atoms with van der Waals surface area (Å²) >= 11 is 0. The molecule has 2 aromatic carbocycles. The summed E-state index contributed by atoms with van der Waals surface area (Å²) in [6.45, 7) is 6.75. The molecule has 0 saturated carbocycles. The Balaban J connectivity index is 2.18. The van der Waals surface area contributed by atoms with Crippen LogP contribution < -0.4 is 10.1 Å². The van der Waals surface area contributed by atoms with Gasteiger partial charge in [0.15, 0.2) is 0 Å². The predicted octanol–water partition coefficient (Wildman–Crippen LogP) is 4.92. The number of carbonyl (C=O) groups excluding carboxylic acids is 1. The first-order chi connectivity index (χ1) is 11.2. The molecule has 1 N–H and O–H groups in total. The summed E-state index contributed by atoms with van der Waals surface area (Å²) in [5.41, 5.74) is 2.89. The van der Waals surface area contributed by atoms with Crippen LogP contribution in [0.4, 0.5) is 5.69 Å². The molecule has 122 valence electrons. The highest BCUT2D eigenvalue weighted by Crippen LogP contribution is 2.28. The zero-order valence-corrected chi connectivity index (χ0v) is 14.1. The Morgan fingerprint density at radius 3 is 2.52 bits per heavy atom. The molecule has 0 bridgehead atoms. The number of hydrogen-bond donors (Lipinski definition) is 1. The van der Waals surface area contributed by atoms with E-state index in [0.717, 1.165) is 35.4 Å². The number of rotatable bonds is 7. The molecule has 0 radical (unpaired) electrons. The molecule has 0 spiro atoms. The second-order valence-electron chi connectivity index (χ2n) is 5.71. The molecule has 23 heavy (non-hydrogen) atoms. The Labute approximate surface area is 138 Å². The second kappa shape index (κ2) is 8.37. The molecular formula is C20H25NO2. The maximum Gasteiger partial charge on any atom is 0.232 e. The Morgan fingerprint density at radius 2 is 1.87 bits per heavy atom. The van der Waals surface area contributed by atoms with Gasteiger partial charge in [0.2, 0.25) is 5.91 Å². The van der Waals surface area contributed by atoms with Gasteiger partial charge in [-0.25, -0.2) is 0 Å². The minimum absolute atomic E-state index is 0.00361. The van der Waals surface area contributed by atoms with Crippen molar-refractivity contribution in [3.05, 3.63) is 59.7 Å². The van der Waals surface area contributed by atoms with E-state index in [2.05, 4.69) is 12.2 Å². The molecule has 2 rings (SSSR count). The van der Waals surface area contributed by atoms with Gasteiger partial charge < -0.3 is 10.1 Å². The number of benzene rings is 2. The first kappa shape index (κ1) is 17.1. The van der Waals surface area contributed by atoms with E-state index >= 15 is 0 Å². The Morgan fingerprint density at radius 1 is 1.13 bits per heavy atom. The summed E-state index contributed by atoms with van der Waals surface area (Å²) in [6.07, 6.45) is 1.69. The van der Waals surface area contributed by atoms with Crippen LogP contribution in [0.1, 0.15) is 43.7 Å². The number of carbonyl (C=O) groups is 1. The SMILES string of the molecule is CCCOc1cc(C)ccc1NC(=O)C(CC)c1ccccc1. The average Bonchev–Trinajstić information content (AvgIpc) is 2.56. The van der Waals surface area contributed by atoms with Gasteiger partial charge in [-0.3, -0.25) is 4.79 Å². The molecule has 0 aromatic heterocycles. The molecular weight excluding hydrogens is 286 g/mol. The maximum absolute atomic E-state index is 12.7. The van der Waals surface area contributed by atoms with E-state index in [1.54, 1.807) is 0 Å². The van der Waals surface area contributed by atoms with Gasteiger partial charge >= 0.3 is 0 Å². The average molecular weight is 311 g/mol. The fourth-order valence-electron chi connectivity index (χ4n) is 2.54. The standard InChI is InChI=1S/C20H25NO2/c1-4-13-23-19-14-15(3)11-12-18(19)21-20(22)17(5-2)16-9-7-6-8-10-16/h6-12,14,17H,4-5,13H2,1-3H3,(H,21,22). The molecule has 1 atom stereocenters. The van der Waals surface area contributed by atoms with Crippen LogP contribution >= 0.6 is 0 Å². The number of amides is 1. The van der Waals surface area contributed by atoms with Crippen molar-refractivity contribution in [1.82, 2.24) is 0 Å². The molecule has 1 amide bonds. The van der Waals surface area contributed by atoms with Gasteiger partial charge in [-0.1, -0.05) is 50.2 Å². The van der Waals surface area contributed by atoms with E-state index in [9.17, 15) is 4.79 Å². The highest BCUT2D eigenvalue weighted by molar-refractivity contribution is 5.97. The number of aryl methyl sites for hydroxylation is 1. The number of ether oxygens (including phenoxy) is 1. The largest absolute Gasteiger partial charge is 0.491 e. The van der Waals surface area contributed by atoms with Gasteiger partial charge in [0.05, 0.1) is 18.2 Å². The van der Waals surface area contributed by atoms with Gasteiger partial charge in [0.25, 0.3) is 0 Å². The second-order valence-corrected chi connectivity index (χ2v) is 5.71. The van der Waals surface area contributed by atoms with Crippen LogP contribution in [0.2, 0.25) is 0 Å². The van der Waals surface area contributed by atoms with Crippen LogP contribution in [0.5, 0.6) is 5.75 Å². The van der Waals surface area contributed by atoms with Crippen LogP contribution in [0, 0.1) is 6.92 Å². The fraction of sp³-hybridized carbons (Fsp3) is 0.350. The van der Waals surface area contributed by atoms with E-state index in [1.807, 2.05) is 62.4 Å². The van der Waals surface area contributed by atoms with Crippen molar-refractivity contribution in [3.8, 4) is 5.75 Å². The lowest BCUT2D eigenvalue weighted by molar-refractivity contribution is -0.117. The zero-order chi connectivity index (χ0) is 16.7. The summed E-state index contributed by atoms with van der Waals surface area (Å²) in [5, 5.41) is 3.03. The monoisotopic (exact) mass is 311 g/mol. The van der Waals surface area contributed by atoms with Crippen molar-refractivity contribution >= 4 is 11.6 Å². The van der Waals surface area contributed by atoms with Gasteiger partial charge in [-0.2, -0.15) is 0 Å². The van der Waals surface area contributed by atoms with Crippen LogP contribution in [-0.2, 0) is 4.79 Å². The molecule has 0 aliphatic carbocycles. The highest BCUT2D eigenvalue weighted by Gasteiger charge is 2.19. The summed E-state index contributed by atoms with van der Waals surface area (Å²) < 4.78 is 5.77. The Bertz CT molecular complexity index is 637. The van der Waals surface area contributed by atoms with Crippen molar-refractivity contribution < 1.29 is 9.53 Å². The molecule has 0 fully saturated rings. The molecule has 3 nitrogen and oxygen atoms in total. The first-order valence-electron chi connectivity index (χ1n) is 8.25. The van der Waals surface area contributed by atoms with E-state index < -0.39 is 0 Å². The first-order valence-corrected chi connectivity index (χ1v) is 8.25. The van der Waals surface area contributed by atoms with Crippen LogP contribution in [0.15, 0.2) is 48.5 Å². The fourth-order valence-corrected chi connectivity index (χ4v) is 2.54. The van der Waals surface area contributed by atoms with E-state index in [4.69, 9.17) is 4.74 Å². The van der Waals surface area contributed by atoms with Crippen molar-refractivity contribution in [2.45, 2.75) is 39.5 Å². The Kier molecular flexibility index (Phi) is 6.21. The highest BCUT2D eigenvalue weighted by atomic mass is 16.5. The lowest BCUT2D eigenvalue weighted by Crippen LogP contribution is -2.21. The third kappa shape index (κ3) is 4.59. The molecule has 0 heterocycles. The number of hydrogen-bond acceptors (Lipinski definition) is 2. The maximum atomic E-state index is 12.7. The van der Waals surface area contributed by atoms with Crippen molar-refractivity contribution in [2.24, 2.45) is 0 Å². The van der Waals surface area contributed by atoms with Crippen molar-refractivity contribution in [3.63, 3.8) is 0 Å². The van der Waals surface area contributed by atoms with E-state index in [1.165, 1.54) is 0 Å². The molecule has 0 aliphatic rings. The normalized spacial score (nSPS) is 11.8.